The smallest absolute Gasteiger partial charge is 0.202 e. The number of Topliss-reactive ketones (excluding diaryl/α,β-unsaturated/α-hetero) is 1. The van der Waals surface area contributed by atoms with Gasteiger partial charge in [0.2, 0.25) is 5.78 Å². The van der Waals surface area contributed by atoms with E-state index >= 15 is 0 Å². The third-order valence-corrected chi connectivity index (χ3v) is 4.50. The first-order valence-electron chi connectivity index (χ1n) is 9.12. The SMILES string of the molecule is CC(C)OC(C(=O)c1ccccc1)(c1ccccc1)C(O)c1ccccc1. The van der Waals surface area contributed by atoms with Gasteiger partial charge in [-0.2, -0.15) is 0 Å². The zero-order valence-electron chi connectivity index (χ0n) is 15.6. The molecule has 0 aliphatic rings. The Balaban J connectivity index is 2.24. The largest absolute Gasteiger partial charge is 0.384 e. The molecular formula is C24H24O3. The molecular weight excluding hydrogens is 336 g/mol. The molecule has 0 fully saturated rings. The van der Waals surface area contributed by atoms with Crippen molar-refractivity contribution in [2.45, 2.75) is 31.7 Å². The molecule has 27 heavy (non-hydrogen) atoms. The number of ether oxygens (including phenoxy) is 1. The molecule has 138 valence electrons. The van der Waals surface area contributed by atoms with Crippen LogP contribution >= 0.6 is 0 Å². The summed E-state index contributed by atoms with van der Waals surface area (Å²) in [7, 11) is 0. The Labute approximate surface area is 160 Å². The minimum absolute atomic E-state index is 0.264. The fourth-order valence-electron chi connectivity index (χ4n) is 3.33. The van der Waals surface area contributed by atoms with Crippen molar-refractivity contribution in [3.05, 3.63) is 108 Å². The van der Waals surface area contributed by atoms with Gasteiger partial charge in [-0.1, -0.05) is 91.0 Å². The van der Waals surface area contributed by atoms with Crippen molar-refractivity contribution < 1.29 is 14.6 Å². The topological polar surface area (TPSA) is 46.5 Å². The maximum absolute atomic E-state index is 13.7. The van der Waals surface area contributed by atoms with Crippen LogP contribution in [0, 0.1) is 0 Å². The molecule has 0 aromatic heterocycles. The first-order chi connectivity index (χ1) is 13.1. The first-order valence-corrected chi connectivity index (χ1v) is 9.12. The summed E-state index contributed by atoms with van der Waals surface area (Å²) in [6.45, 7) is 3.74. The number of aliphatic hydroxyl groups excluding tert-OH is 1. The first kappa shape index (κ1) is 19.0. The number of ketones is 1. The summed E-state index contributed by atoms with van der Waals surface area (Å²) in [4.78, 5) is 13.7. The highest BCUT2D eigenvalue weighted by atomic mass is 16.5. The van der Waals surface area contributed by atoms with Crippen LogP contribution in [0.15, 0.2) is 91.0 Å². The van der Waals surface area contributed by atoms with Crippen LogP contribution in [0.2, 0.25) is 0 Å². The van der Waals surface area contributed by atoms with Gasteiger partial charge in [0.05, 0.1) is 6.10 Å². The van der Waals surface area contributed by atoms with E-state index in [4.69, 9.17) is 4.74 Å². The molecule has 3 aromatic carbocycles. The molecule has 2 unspecified atom stereocenters. The third-order valence-electron chi connectivity index (χ3n) is 4.50. The third kappa shape index (κ3) is 3.85. The minimum atomic E-state index is -1.54. The molecule has 3 rings (SSSR count). The van der Waals surface area contributed by atoms with Crippen molar-refractivity contribution in [2.75, 3.05) is 0 Å². The number of rotatable bonds is 7. The molecule has 0 aliphatic carbocycles. The van der Waals surface area contributed by atoms with Crippen LogP contribution in [0.4, 0.5) is 0 Å². The Morgan fingerprint density at radius 1 is 0.815 bits per heavy atom. The van der Waals surface area contributed by atoms with Gasteiger partial charge in [0, 0.05) is 5.56 Å². The molecule has 3 aromatic rings. The summed E-state index contributed by atoms with van der Waals surface area (Å²) in [5, 5.41) is 11.4. The van der Waals surface area contributed by atoms with Crippen molar-refractivity contribution >= 4 is 5.78 Å². The minimum Gasteiger partial charge on any atom is -0.384 e. The van der Waals surface area contributed by atoms with E-state index in [1.165, 1.54) is 0 Å². The molecule has 0 aliphatic heterocycles. The van der Waals surface area contributed by atoms with Gasteiger partial charge in [0.25, 0.3) is 0 Å². The van der Waals surface area contributed by atoms with Crippen LogP contribution < -0.4 is 0 Å². The molecule has 0 saturated carbocycles. The van der Waals surface area contributed by atoms with Gasteiger partial charge in [0.1, 0.15) is 6.10 Å². The van der Waals surface area contributed by atoms with E-state index in [1.54, 1.807) is 12.1 Å². The molecule has 0 amide bonds. The van der Waals surface area contributed by atoms with E-state index in [2.05, 4.69) is 0 Å². The zero-order valence-corrected chi connectivity index (χ0v) is 15.6. The van der Waals surface area contributed by atoms with Crippen LogP contribution in [0.1, 0.15) is 41.4 Å². The Morgan fingerprint density at radius 2 is 1.30 bits per heavy atom. The molecule has 0 radical (unpaired) electrons. The van der Waals surface area contributed by atoms with Gasteiger partial charge in [-0.3, -0.25) is 4.79 Å². The van der Waals surface area contributed by atoms with Gasteiger partial charge < -0.3 is 9.84 Å². The molecule has 3 heteroatoms. The zero-order chi connectivity index (χ0) is 19.3. The number of carbonyl (C=O) groups excluding carboxylic acids is 1. The monoisotopic (exact) mass is 360 g/mol. The van der Waals surface area contributed by atoms with Crippen LogP contribution in [0.5, 0.6) is 0 Å². The molecule has 0 bridgehead atoms. The second kappa shape index (κ2) is 8.30. The Bertz CT molecular complexity index is 860. The van der Waals surface area contributed by atoms with Crippen molar-refractivity contribution in [1.82, 2.24) is 0 Å². The predicted molar refractivity (Wildman–Crippen MR) is 107 cm³/mol. The van der Waals surface area contributed by atoms with E-state index in [0.29, 0.717) is 16.7 Å². The number of carbonyl (C=O) groups is 1. The second-order valence-corrected chi connectivity index (χ2v) is 6.78. The van der Waals surface area contributed by atoms with Crippen molar-refractivity contribution in [2.24, 2.45) is 0 Å². The highest BCUT2D eigenvalue weighted by molar-refractivity contribution is 6.03. The summed E-state index contributed by atoms with van der Waals surface area (Å²) in [5.41, 5.74) is 0.213. The second-order valence-electron chi connectivity index (χ2n) is 6.78. The van der Waals surface area contributed by atoms with Gasteiger partial charge >= 0.3 is 0 Å². The molecule has 0 spiro atoms. The maximum atomic E-state index is 13.7. The lowest BCUT2D eigenvalue weighted by Gasteiger charge is -2.39. The lowest BCUT2D eigenvalue weighted by Crippen LogP contribution is -2.46. The fourth-order valence-corrected chi connectivity index (χ4v) is 3.33. The average molecular weight is 360 g/mol. The molecule has 0 saturated heterocycles. The predicted octanol–water partition coefficient (Wildman–Crippen LogP) is 4.92. The van der Waals surface area contributed by atoms with E-state index < -0.39 is 11.7 Å². The number of benzene rings is 3. The van der Waals surface area contributed by atoms with E-state index in [0.717, 1.165) is 0 Å². The molecule has 3 nitrogen and oxygen atoms in total. The lowest BCUT2D eigenvalue weighted by atomic mass is 9.78. The summed E-state index contributed by atoms with van der Waals surface area (Å²) in [5.74, 6) is -0.264. The van der Waals surface area contributed by atoms with Crippen LogP contribution in [-0.4, -0.2) is 17.0 Å². The summed E-state index contributed by atoms with van der Waals surface area (Å²) in [6, 6.07) is 27.4. The highest BCUT2D eigenvalue weighted by Crippen LogP contribution is 2.42. The van der Waals surface area contributed by atoms with Crippen LogP contribution in [-0.2, 0) is 10.3 Å². The van der Waals surface area contributed by atoms with E-state index in [-0.39, 0.29) is 11.9 Å². The van der Waals surface area contributed by atoms with E-state index in [1.807, 2.05) is 92.7 Å². The van der Waals surface area contributed by atoms with Crippen molar-refractivity contribution in [3.63, 3.8) is 0 Å². The Kier molecular flexibility index (Phi) is 5.84. The molecule has 1 N–H and O–H groups in total. The molecule has 0 heterocycles. The van der Waals surface area contributed by atoms with Gasteiger partial charge in [0.15, 0.2) is 5.60 Å². The van der Waals surface area contributed by atoms with Crippen molar-refractivity contribution in [3.8, 4) is 0 Å². The standard InChI is InChI=1S/C24H24O3/c1-18(2)27-24(21-16-10-5-11-17-21,22(25)19-12-6-3-7-13-19)23(26)20-14-8-4-9-15-20/h3-18,22,25H,1-2H3. The van der Waals surface area contributed by atoms with E-state index in [9.17, 15) is 9.90 Å². The number of hydrogen-bond donors (Lipinski definition) is 1. The van der Waals surface area contributed by atoms with Gasteiger partial charge in [-0.05, 0) is 25.0 Å². The van der Waals surface area contributed by atoms with Crippen molar-refractivity contribution in [1.29, 1.82) is 0 Å². The number of hydrogen-bond acceptors (Lipinski definition) is 3. The molecule has 2 atom stereocenters. The Morgan fingerprint density at radius 3 is 1.81 bits per heavy atom. The van der Waals surface area contributed by atoms with Gasteiger partial charge in [-0.25, -0.2) is 0 Å². The summed E-state index contributed by atoms with van der Waals surface area (Å²) >= 11 is 0. The van der Waals surface area contributed by atoms with Crippen LogP contribution in [0.3, 0.4) is 0 Å². The summed E-state index contributed by atoms with van der Waals surface area (Å²) in [6.07, 6.45) is -1.42. The quantitative estimate of drug-likeness (QED) is 0.608. The average Bonchev–Trinajstić information content (AvgIpc) is 2.73. The fraction of sp³-hybridized carbons (Fsp3) is 0.208. The lowest BCUT2D eigenvalue weighted by molar-refractivity contribution is -0.127. The summed E-state index contributed by atoms with van der Waals surface area (Å²) < 4.78 is 6.26. The van der Waals surface area contributed by atoms with Gasteiger partial charge in [-0.15, -0.1) is 0 Å². The Hall–Kier alpha value is -2.75. The number of aliphatic hydroxyl groups is 1. The normalized spacial score (nSPS) is 14.5. The van der Waals surface area contributed by atoms with Crippen LogP contribution in [0.25, 0.3) is 0 Å². The highest BCUT2D eigenvalue weighted by Gasteiger charge is 2.49. The maximum Gasteiger partial charge on any atom is 0.202 e.